The van der Waals surface area contributed by atoms with Gasteiger partial charge in [0.2, 0.25) is 0 Å². The molecule has 1 N–H and O–H groups in total. The number of benzene rings is 2. The lowest BCUT2D eigenvalue weighted by Gasteiger charge is -2.25. The molecule has 0 saturated carbocycles. The Morgan fingerprint density at radius 2 is 1.97 bits per heavy atom. The summed E-state index contributed by atoms with van der Waals surface area (Å²) < 4.78 is 11.4. The third-order valence-corrected chi connectivity index (χ3v) is 5.10. The number of carbonyl (C=O) groups excluding carboxylic acids is 1. The number of hydrogen-bond acceptors (Lipinski definition) is 5. The van der Waals surface area contributed by atoms with Gasteiger partial charge in [-0.3, -0.25) is 10.1 Å². The van der Waals surface area contributed by atoms with E-state index in [-0.39, 0.29) is 11.0 Å². The first-order valence-corrected chi connectivity index (χ1v) is 10.7. The first kappa shape index (κ1) is 23.8. The molecule has 0 aliphatic carbocycles. The van der Waals surface area contributed by atoms with E-state index in [1.807, 2.05) is 35.2 Å². The number of rotatable bonds is 10. The fraction of sp³-hybridized carbons (Fsp3) is 0.318. The molecular weight excluding hydrogens is 466 g/mol. The van der Waals surface area contributed by atoms with E-state index in [1.54, 1.807) is 25.3 Å². The van der Waals surface area contributed by atoms with Crippen LogP contribution in [0.1, 0.15) is 22.3 Å². The largest absolute Gasteiger partial charge is 0.490 e. The summed E-state index contributed by atoms with van der Waals surface area (Å²) >= 11 is 8.86. The van der Waals surface area contributed by atoms with Crippen LogP contribution in [0.3, 0.4) is 0 Å². The van der Waals surface area contributed by atoms with Gasteiger partial charge in [0, 0.05) is 24.7 Å². The van der Waals surface area contributed by atoms with E-state index in [0.29, 0.717) is 44.0 Å². The molecule has 0 bridgehead atoms. The van der Waals surface area contributed by atoms with Gasteiger partial charge in [0.25, 0.3) is 5.91 Å². The minimum atomic E-state index is -0.365. The normalized spacial score (nSPS) is 10.2. The van der Waals surface area contributed by atoms with Gasteiger partial charge in [-0.25, -0.2) is 0 Å². The zero-order chi connectivity index (χ0) is 21.8. The fourth-order valence-corrected chi connectivity index (χ4v) is 3.33. The number of carbonyl (C=O) groups is 1. The maximum absolute atomic E-state index is 12.9. The van der Waals surface area contributed by atoms with Crippen LogP contribution >= 0.6 is 28.1 Å². The molecule has 0 aromatic heterocycles. The van der Waals surface area contributed by atoms with E-state index in [4.69, 9.17) is 27.0 Å². The van der Waals surface area contributed by atoms with Crippen molar-refractivity contribution in [1.82, 2.24) is 10.2 Å². The lowest BCUT2D eigenvalue weighted by atomic mass is 10.1. The lowest BCUT2D eigenvalue weighted by Crippen LogP contribution is -2.44. The number of amides is 1. The van der Waals surface area contributed by atoms with Gasteiger partial charge in [0.15, 0.2) is 5.11 Å². The second-order valence-electron chi connectivity index (χ2n) is 6.37. The Hall–Kier alpha value is -2.47. The van der Waals surface area contributed by atoms with Crippen molar-refractivity contribution < 1.29 is 14.3 Å². The molecule has 1 amide bonds. The molecule has 158 valence electrons. The van der Waals surface area contributed by atoms with Crippen LogP contribution in [0.25, 0.3) is 0 Å². The minimum absolute atomic E-state index is 0.286. The molecule has 2 aromatic rings. The van der Waals surface area contributed by atoms with Crippen molar-refractivity contribution in [1.29, 1.82) is 5.26 Å². The zero-order valence-corrected chi connectivity index (χ0v) is 19.2. The summed E-state index contributed by atoms with van der Waals surface area (Å²) in [4.78, 5) is 14.7. The molecule has 0 heterocycles. The molecule has 6 nitrogen and oxygen atoms in total. The predicted molar refractivity (Wildman–Crippen MR) is 124 cm³/mol. The number of halogens is 1. The van der Waals surface area contributed by atoms with Crippen molar-refractivity contribution in [2.24, 2.45) is 0 Å². The van der Waals surface area contributed by atoms with Crippen molar-refractivity contribution in [3.63, 3.8) is 0 Å². The smallest absolute Gasteiger partial charge is 0.261 e. The number of nitrogens with zero attached hydrogens (tertiary/aromatic N) is 2. The van der Waals surface area contributed by atoms with Crippen molar-refractivity contribution in [3.05, 3.63) is 64.1 Å². The monoisotopic (exact) mass is 489 g/mol. The van der Waals surface area contributed by atoms with Crippen LogP contribution in [0.15, 0.2) is 53.0 Å². The van der Waals surface area contributed by atoms with Crippen molar-refractivity contribution in [2.45, 2.75) is 12.8 Å². The van der Waals surface area contributed by atoms with Gasteiger partial charge in [0.05, 0.1) is 24.7 Å². The van der Waals surface area contributed by atoms with Crippen LogP contribution in [0.4, 0.5) is 0 Å². The SMILES string of the molecule is COCCOc1ccc(Br)cc1C(=O)NC(=S)N(CCC#N)CCc1ccccc1. The number of methoxy groups -OCH3 is 1. The van der Waals surface area contributed by atoms with Gasteiger partial charge >= 0.3 is 0 Å². The number of hydrogen-bond donors (Lipinski definition) is 1. The standard InChI is InChI=1S/C22H24BrN3O3S/c1-28-14-15-29-20-9-8-18(23)16-19(20)21(27)25-22(30)26(12-5-11-24)13-10-17-6-3-2-4-7-17/h2-4,6-9,16H,5,10,12-15H2,1H3,(H,25,27,30). The molecular formula is C22H24BrN3O3S. The van der Waals surface area contributed by atoms with Crippen molar-refractivity contribution in [3.8, 4) is 11.8 Å². The van der Waals surface area contributed by atoms with Gasteiger partial charge < -0.3 is 14.4 Å². The Balaban J connectivity index is 2.07. The minimum Gasteiger partial charge on any atom is -0.490 e. The Morgan fingerprint density at radius 3 is 2.67 bits per heavy atom. The quantitative estimate of drug-likeness (QED) is 0.402. The molecule has 0 fully saturated rings. The van der Waals surface area contributed by atoms with Gasteiger partial charge in [-0.15, -0.1) is 0 Å². The highest BCUT2D eigenvalue weighted by Gasteiger charge is 2.18. The summed E-state index contributed by atoms with van der Waals surface area (Å²) in [5.41, 5.74) is 1.53. The average molecular weight is 490 g/mol. The van der Waals surface area contributed by atoms with Crippen LogP contribution in [-0.4, -0.2) is 49.3 Å². The molecule has 0 spiro atoms. The highest BCUT2D eigenvalue weighted by Crippen LogP contribution is 2.23. The van der Waals surface area contributed by atoms with Crippen molar-refractivity contribution >= 4 is 39.2 Å². The fourth-order valence-electron chi connectivity index (χ4n) is 2.69. The van der Waals surface area contributed by atoms with Crippen LogP contribution in [-0.2, 0) is 11.2 Å². The van der Waals surface area contributed by atoms with Gasteiger partial charge in [0.1, 0.15) is 12.4 Å². The summed E-state index contributed by atoms with van der Waals surface area (Å²) in [7, 11) is 1.59. The molecule has 30 heavy (non-hydrogen) atoms. The van der Waals surface area contributed by atoms with Gasteiger partial charge in [-0.2, -0.15) is 5.26 Å². The first-order valence-electron chi connectivity index (χ1n) is 9.47. The maximum Gasteiger partial charge on any atom is 0.261 e. The number of thiocarbonyl (C=S) groups is 1. The Morgan fingerprint density at radius 1 is 1.20 bits per heavy atom. The number of ether oxygens (including phenoxy) is 2. The Bertz CT molecular complexity index is 887. The number of nitriles is 1. The molecule has 0 radical (unpaired) electrons. The first-order chi connectivity index (χ1) is 14.5. The van der Waals surface area contributed by atoms with Gasteiger partial charge in [-0.1, -0.05) is 46.3 Å². The van der Waals surface area contributed by atoms with Crippen LogP contribution in [0.2, 0.25) is 0 Å². The molecule has 0 aliphatic rings. The van der Waals surface area contributed by atoms with E-state index in [1.165, 1.54) is 0 Å². The van der Waals surface area contributed by atoms with Crippen LogP contribution in [0, 0.1) is 11.3 Å². The van der Waals surface area contributed by atoms with Crippen LogP contribution in [0.5, 0.6) is 5.75 Å². The summed E-state index contributed by atoms with van der Waals surface area (Å²) in [5, 5.41) is 12.0. The van der Waals surface area contributed by atoms with E-state index in [2.05, 4.69) is 27.3 Å². The summed E-state index contributed by atoms with van der Waals surface area (Å²) in [6.45, 7) is 1.78. The molecule has 0 unspecified atom stereocenters. The summed E-state index contributed by atoms with van der Waals surface area (Å²) in [6.07, 6.45) is 1.07. The molecule has 0 saturated heterocycles. The molecule has 2 aromatic carbocycles. The van der Waals surface area contributed by atoms with E-state index < -0.39 is 0 Å². The zero-order valence-electron chi connectivity index (χ0n) is 16.8. The number of nitrogens with one attached hydrogen (secondary N) is 1. The highest BCUT2D eigenvalue weighted by atomic mass is 79.9. The van der Waals surface area contributed by atoms with E-state index in [9.17, 15) is 4.79 Å². The third kappa shape index (κ3) is 7.75. The molecule has 8 heteroatoms. The second kappa shape index (κ2) is 13.0. The lowest BCUT2D eigenvalue weighted by molar-refractivity contribution is 0.0965. The van der Waals surface area contributed by atoms with E-state index >= 15 is 0 Å². The molecule has 0 atom stereocenters. The third-order valence-electron chi connectivity index (χ3n) is 4.25. The average Bonchev–Trinajstić information content (AvgIpc) is 2.75. The highest BCUT2D eigenvalue weighted by molar-refractivity contribution is 9.10. The van der Waals surface area contributed by atoms with E-state index in [0.717, 1.165) is 16.5 Å². The maximum atomic E-state index is 12.9. The van der Waals surface area contributed by atoms with Gasteiger partial charge in [-0.05, 0) is 42.4 Å². The summed E-state index contributed by atoms with van der Waals surface area (Å²) in [5.74, 6) is 0.0822. The topological polar surface area (TPSA) is 74.6 Å². The van der Waals surface area contributed by atoms with Crippen molar-refractivity contribution in [2.75, 3.05) is 33.4 Å². The molecule has 0 aliphatic heterocycles. The predicted octanol–water partition coefficient (Wildman–Crippen LogP) is 3.95. The Kier molecular flexibility index (Phi) is 10.3. The second-order valence-corrected chi connectivity index (χ2v) is 7.67. The van der Waals surface area contributed by atoms with Crippen LogP contribution < -0.4 is 10.1 Å². The summed E-state index contributed by atoms with van der Waals surface area (Å²) in [6, 6.07) is 17.3. The molecule has 2 rings (SSSR count). The Labute approximate surface area is 190 Å².